The molecule has 0 saturated carbocycles. The smallest absolute Gasteiger partial charge is 0.335 e. The van der Waals surface area contributed by atoms with Gasteiger partial charge in [0, 0.05) is 38.3 Å². The maximum Gasteiger partial charge on any atom is 0.416 e. The maximum absolute atomic E-state index is 13.3. The number of aromatic nitrogens is 4. The summed E-state index contributed by atoms with van der Waals surface area (Å²) in [7, 11) is 0. The molecule has 0 atom stereocenters. The van der Waals surface area contributed by atoms with E-state index in [-0.39, 0.29) is 22.8 Å². The summed E-state index contributed by atoms with van der Waals surface area (Å²) in [6.45, 7) is 3.32. The van der Waals surface area contributed by atoms with Gasteiger partial charge < -0.3 is 4.90 Å². The number of hydrogen-bond donors (Lipinski definition) is 0. The fourth-order valence-corrected chi connectivity index (χ4v) is 4.12. The Kier molecular flexibility index (Phi) is 5.74. The zero-order valence-corrected chi connectivity index (χ0v) is 18.1. The van der Waals surface area contributed by atoms with E-state index < -0.39 is 11.7 Å². The van der Waals surface area contributed by atoms with Gasteiger partial charge in [0.1, 0.15) is 12.0 Å². The highest BCUT2D eigenvalue weighted by atomic mass is 19.4. The molecule has 0 bridgehead atoms. The zero-order valence-electron chi connectivity index (χ0n) is 18.1. The highest BCUT2D eigenvalue weighted by Gasteiger charge is 2.31. The summed E-state index contributed by atoms with van der Waals surface area (Å²) in [5.74, 6) is -0.275. The van der Waals surface area contributed by atoms with E-state index in [1.54, 1.807) is 11.0 Å². The Bertz CT molecular complexity index is 1310. The number of benzene rings is 2. The number of nitrogens with zero attached hydrogens (tertiary/aromatic N) is 6. The highest BCUT2D eigenvalue weighted by molar-refractivity contribution is 5.94. The molecule has 3 heterocycles. The molecule has 0 unspecified atom stereocenters. The summed E-state index contributed by atoms with van der Waals surface area (Å²) in [6.07, 6.45) is -3.15. The monoisotopic (exact) mass is 466 g/mol. The van der Waals surface area contributed by atoms with Crippen molar-refractivity contribution in [2.24, 2.45) is 0 Å². The van der Waals surface area contributed by atoms with Crippen molar-refractivity contribution in [3.05, 3.63) is 83.8 Å². The van der Waals surface area contributed by atoms with E-state index in [1.807, 2.05) is 18.2 Å². The van der Waals surface area contributed by atoms with Crippen LogP contribution in [0.1, 0.15) is 21.6 Å². The van der Waals surface area contributed by atoms with Crippen LogP contribution in [0, 0.1) is 0 Å². The number of carbonyl (C=O) groups is 1. The summed E-state index contributed by atoms with van der Waals surface area (Å²) in [5.41, 5.74) is 1.51. The quantitative estimate of drug-likeness (QED) is 0.458. The normalized spacial score (nSPS) is 15.1. The average molecular weight is 466 g/mol. The summed E-state index contributed by atoms with van der Waals surface area (Å²) in [4.78, 5) is 17.3. The average Bonchev–Trinajstić information content (AvgIpc) is 3.32. The first-order valence-electron chi connectivity index (χ1n) is 10.8. The van der Waals surface area contributed by atoms with Crippen molar-refractivity contribution in [3.8, 4) is 11.1 Å². The van der Waals surface area contributed by atoms with E-state index in [1.165, 1.54) is 28.5 Å². The minimum atomic E-state index is -4.48. The number of alkyl halides is 3. The van der Waals surface area contributed by atoms with Gasteiger partial charge >= 0.3 is 6.18 Å². The summed E-state index contributed by atoms with van der Waals surface area (Å²) in [6, 6.07) is 16.6. The standard InChI is InChI=1S/C24H21F3N6O/c25-24(26,27)19-8-4-7-18(13-19)20-14-21(30-33-16-28-29-22(20)33)23(34)32-11-9-31(10-12-32)15-17-5-2-1-3-6-17/h1-8,13-14,16H,9-12,15H2. The van der Waals surface area contributed by atoms with Crippen LogP contribution in [0.2, 0.25) is 0 Å². The fourth-order valence-electron chi connectivity index (χ4n) is 4.12. The molecule has 2 aromatic heterocycles. The molecule has 1 fully saturated rings. The van der Waals surface area contributed by atoms with E-state index in [9.17, 15) is 18.0 Å². The summed E-state index contributed by atoms with van der Waals surface area (Å²) >= 11 is 0. The molecule has 2 aromatic carbocycles. The van der Waals surface area contributed by atoms with Crippen LogP contribution in [0.25, 0.3) is 16.8 Å². The maximum atomic E-state index is 13.3. The lowest BCUT2D eigenvalue weighted by molar-refractivity contribution is -0.137. The van der Waals surface area contributed by atoms with Crippen molar-refractivity contribution in [2.75, 3.05) is 26.2 Å². The van der Waals surface area contributed by atoms with Gasteiger partial charge in [-0.25, -0.2) is 0 Å². The van der Waals surface area contributed by atoms with Gasteiger partial charge in [-0.05, 0) is 29.3 Å². The summed E-state index contributed by atoms with van der Waals surface area (Å²) in [5, 5.41) is 12.1. The Hall–Kier alpha value is -3.79. The second-order valence-corrected chi connectivity index (χ2v) is 8.17. The van der Waals surface area contributed by atoms with Gasteiger partial charge in [-0.15, -0.1) is 10.2 Å². The lowest BCUT2D eigenvalue weighted by Crippen LogP contribution is -2.48. The molecular weight excluding hydrogens is 445 g/mol. The lowest BCUT2D eigenvalue weighted by atomic mass is 10.0. The number of halogens is 3. The molecule has 10 heteroatoms. The van der Waals surface area contributed by atoms with Crippen molar-refractivity contribution >= 4 is 11.6 Å². The Labute approximate surface area is 193 Å². The van der Waals surface area contributed by atoms with Crippen LogP contribution in [-0.2, 0) is 12.7 Å². The lowest BCUT2D eigenvalue weighted by Gasteiger charge is -2.34. The second-order valence-electron chi connectivity index (χ2n) is 8.17. The van der Waals surface area contributed by atoms with Crippen LogP contribution >= 0.6 is 0 Å². The third-order valence-corrected chi connectivity index (χ3v) is 5.90. The Morgan fingerprint density at radius 3 is 2.44 bits per heavy atom. The van der Waals surface area contributed by atoms with Gasteiger partial charge in [0.2, 0.25) is 0 Å². The van der Waals surface area contributed by atoms with Crippen molar-refractivity contribution < 1.29 is 18.0 Å². The molecule has 0 N–H and O–H groups in total. The van der Waals surface area contributed by atoms with Crippen molar-refractivity contribution in [2.45, 2.75) is 12.7 Å². The van der Waals surface area contributed by atoms with Crippen LogP contribution in [0.3, 0.4) is 0 Å². The third kappa shape index (κ3) is 4.49. The zero-order chi connectivity index (χ0) is 23.7. The molecule has 34 heavy (non-hydrogen) atoms. The molecule has 0 spiro atoms. The van der Waals surface area contributed by atoms with Crippen molar-refractivity contribution in [1.82, 2.24) is 29.6 Å². The SMILES string of the molecule is O=C(c1cc(-c2cccc(C(F)(F)F)c2)c2nncn2n1)N1CCN(Cc2ccccc2)CC1. The van der Waals surface area contributed by atoms with Crippen molar-refractivity contribution in [3.63, 3.8) is 0 Å². The van der Waals surface area contributed by atoms with Crippen LogP contribution in [0.4, 0.5) is 13.2 Å². The van der Waals surface area contributed by atoms with Gasteiger partial charge in [0.15, 0.2) is 5.65 Å². The molecule has 1 aliphatic rings. The first kappa shape index (κ1) is 22.0. The Morgan fingerprint density at radius 1 is 0.941 bits per heavy atom. The number of fused-ring (bicyclic) bond motifs is 1. The van der Waals surface area contributed by atoms with Gasteiger partial charge in [-0.3, -0.25) is 9.69 Å². The number of carbonyl (C=O) groups excluding carboxylic acids is 1. The molecule has 174 valence electrons. The van der Waals surface area contributed by atoms with Gasteiger partial charge in [-0.2, -0.15) is 22.8 Å². The molecule has 0 aliphatic carbocycles. The first-order chi connectivity index (χ1) is 16.4. The Morgan fingerprint density at radius 2 is 1.71 bits per heavy atom. The van der Waals surface area contributed by atoms with Gasteiger partial charge in [-0.1, -0.05) is 42.5 Å². The topological polar surface area (TPSA) is 66.6 Å². The van der Waals surface area contributed by atoms with E-state index >= 15 is 0 Å². The van der Waals surface area contributed by atoms with Crippen LogP contribution < -0.4 is 0 Å². The number of amides is 1. The largest absolute Gasteiger partial charge is 0.416 e. The van der Waals surface area contributed by atoms with E-state index in [0.29, 0.717) is 18.7 Å². The van der Waals surface area contributed by atoms with Crippen LogP contribution in [-0.4, -0.2) is 61.7 Å². The minimum Gasteiger partial charge on any atom is -0.335 e. The van der Waals surface area contributed by atoms with E-state index in [2.05, 4.69) is 32.3 Å². The molecule has 5 rings (SSSR count). The third-order valence-electron chi connectivity index (χ3n) is 5.90. The fraction of sp³-hybridized carbons (Fsp3) is 0.250. The second kappa shape index (κ2) is 8.86. The molecule has 1 saturated heterocycles. The van der Waals surface area contributed by atoms with Crippen LogP contribution in [0.5, 0.6) is 0 Å². The molecule has 1 aliphatic heterocycles. The molecule has 7 nitrogen and oxygen atoms in total. The number of piperazine rings is 1. The Balaban J connectivity index is 1.38. The number of rotatable bonds is 4. The van der Waals surface area contributed by atoms with Gasteiger partial charge in [0.05, 0.1) is 5.56 Å². The predicted molar refractivity (Wildman–Crippen MR) is 119 cm³/mol. The van der Waals surface area contributed by atoms with E-state index in [0.717, 1.165) is 31.8 Å². The number of hydrogen-bond acceptors (Lipinski definition) is 5. The molecular formula is C24H21F3N6O. The first-order valence-corrected chi connectivity index (χ1v) is 10.8. The minimum absolute atomic E-state index is 0.135. The van der Waals surface area contributed by atoms with Crippen molar-refractivity contribution in [1.29, 1.82) is 0 Å². The highest BCUT2D eigenvalue weighted by Crippen LogP contribution is 2.33. The van der Waals surface area contributed by atoms with Gasteiger partial charge in [0.25, 0.3) is 5.91 Å². The molecule has 0 radical (unpaired) electrons. The predicted octanol–water partition coefficient (Wildman–Crippen LogP) is 3.77. The molecule has 1 amide bonds. The molecule has 4 aromatic rings. The van der Waals surface area contributed by atoms with E-state index in [4.69, 9.17) is 0 Å². The summed E-state index contributed by atoms with van der Waals surface area (Å²) < 4.78 is 41.1. The van der Waals surface area contributed by atoms with Crippen LogP contribution in [0.15, 0.2) is 67.0 Å².